The highest BCUT2D eigenvalue weighted by atomic mass is 14.2. The summed E-state index contributed by atoms with van der Waals surface area (Å²) < 4.78 is 0. The van der Waals surface area contributed by atoms with E-state index in [-0.39, 0.29) is 0 Å². The Hall–Kier alpha value is -1.78. The van der Waals surface area contributed by atoms with E-state index in [1.54, 1.807) is 0 Å². The zero-order chi connectivity index (χ0) is 13.0. The molecule has 18 heavy (non-hydrogen) atoms. The van der Waals surface area contributed by atoms with Crippen molar-refractivity contribution >= 4 is 0 Å². The first kappa shape index (κ1) is 12.7. The fraction of sp³-hybridized carbons (Fsp3) is 0.278. The van der Waals surface area contributed by atoms with Crippen LogP contribution in [0.4, 0.5) is 0 Å². The molecule has 0 aromatic heterocycles. The molecule has 0 aliphatic heterocycles. The van der Waals surface area contributed by atoms with Crippen LogP contribution in [0.25, 0.3) is 0 Å². The highest BCUT2D eigenvalue weighted by Crippen LogP contribution is 2.29. The van der Waals surface area contributed by atoms with E-state index in [4.69, 9.17) is 0 Å². The Morgan fingerprint density at radius 3 is 2.44 bits per heavy atom. The molecule has 2 rings (SSSR count). The summed E-state index contributed by atoms with van der Waals surface area (Å²) in [7, 11) is 0. The zero-order valence-electron chi connectivity index (χ0n) is 11.4. The van der Waals surface area contributed by atoms with Crippen molar-refractivity contribution in [1.29, 1.82) is 0 Å². The van der Waals surface area contributed by atoms with Gasteiger partial charge >= 0.3 is 0 Å². The molecule has 0 N–H and O–H groups in total. The second-order valence-corrected chi connectivity index (χ2v) is 4.87. The lowest BCUT2D eigenvalue weighted by molar-refractivity contribution is 0.776. The topological polar surface area (TPSA) is 0 Å². The molecule has 0 spiro atoms. The molecular formula is C18H20. The van der Waals surface area contributed by atoms with Gasteiger partial charge in [0.05, 0.1) is 0 Å². The van der Waals surface area contributed by atoms with Gasteiger partial charge in [0.2, 0.25) is 0 Å². The monoisotopic (exact) mass is 236 g/mol. The summed E-state index contributed by atoms with van der Waals surface area (Å²) in [6.45, 7) is 6.45. The third-order valence-corrected chi connectivity index (χ3v) is 3.40. The molecule has 1 aromatic carbocycles. The molecule has 1 unspecified atom stereocenters. The second kappa shape index (κ2) is 5.71. The molecule has 0 heteroatoms. The Balaban J connectivity index is 2.30. The van der Waals surface area contributed by atoms with Crippen molar-refractivity contribution in [3.05, 3.63) is 76.6 Å². The van der Waals surface area contributed by atoms with Gasteiger partial charge in [-0.2, -0.15) is 0 Å². The van der Waals surface area contributed by atoms with Gasteiger partial charge < -0.3 is 0 Å². The van der Waals surface area contributed by atoms with Crippen molar-refractivity contribution in [2.24, 2.45) is 0 Å². The van der Waals surface area contributed by atoms with E-state index in [0.717, 1.165) is 6.42 Å². The first-order valence-corrected chi connectivity index (χ1v) is 6.59. The molecule has 92 valence electrons. The number of hydrogen-bond acceptors (Lipinski definition) is 0. The smallest absolute Gasteiger partial charge is 0.00869 e. The molecule has 1 aromatic rings. The zero-order valence-corrected chi connectivity index (χ0v) is 11.4. The molecule has 1 aliphatic carbocycles. The lowest BCUT2D eigenvalue weighted by Crippen LogP contribution is -1.99. The van der Waals surface area contributed by atoms with E-state index >= 15 is 0 Å². The summed E-state index contributed by atoms with van der Waals surface area (Å²) in [4.78, 5) is 0. The molecule has 0 heterocycles. The van der Waals surface area contributed by atoms with Crippen LogP contribution in [0.1, 0.15) is 37.3 Å². The lowest BCUT2D eigenvalue weighted by atomic mass is 9.88. The summed E-state index contributed by atoms with van der Waals surface area (Å²) in [5, 5.41) is 0. The minimum Gasteiger partial charge on any atom is -0.118 e. The van der Waals surface area contributed by atoms with E-state index < -0.39 is 0 Å². The van der Waals surface area contributed by atoms with Gasteiger partial charge in [-0.15, -0.1) is 5.73 Å². The van der Waals surface area contributed by atoms with Gasteiger partial charge in [-0.25, -0.2) is 0 Å². The molecule has 0 saturated heterocycles. The van der Waals surface area contributed by atoms with E-state index in [2.05, 4.69) is 69.0 Å². The number of benzene rings is 1. The van der Waals surface area contributed by atoms with Crippen LogP contribution >= 0.6 is 0 Å². The van der Waals surface area contributed by atoms with Gasteiger partial charge in [0.1, 0.15) is 0 Å². The molecule has 0 saturated carbocycles. The SMILES string of the molecule is CCC(C1=CC=C=C(C)C=C1)c1ccc(C)cc1. The van der Waals surface area contributed by atoms with Crippen LogP contribution in [0.5, 0.6) is 0 Å². The van der Waals surface area contributed by atoms with Gasteiger partial charge in [0.15, 0.2) is 0 Å². The number of hydrogen-bond donors (Lipinski definition) is 0. The second-order valence-electron chi connectivity index (χ2n) is 4.87. The van der Waals surface area contributed by atoms with Crippen LogP contribution in [0.15, 0.2) is 65.4 Å². The Morgan fingerprint density at radius 1 is 1.06 bits per heavy atom. The van der Waals surface area contributed by atoms with E-state index in [1.165, 1.54) is 22.3 Å². The van der Waals surface area contributed by atoms with Crippen molar-refractivity contribution in [2.75, 3.05) is 0 Å². The van der Waals surface area contributed by atoms with Crippen molar-refractivity contribution in [3.8, 4) is 0 Å². The number of aryl methyl sites for hydroxylation is 1. The molecule has 0 amide bonds. The van der Waals surface area contributed by atoms with Gasteiger partial charge in [-0.05, 0) is 43.1 Å². The van der Waals surface area contributed by atoms with E-state index in [1.807, 2.05) is 6.08 Å². The molecule has 0 fully saturated rings. The maximum absolute atomic E-state index is 3.24. The van der Waals surface area contributed by atoms with Crippen LogP contribution in [-0.2, 0) is 0 Å². The van der Waals surface area contributed by atoms with Gasteiger partial charge in [0.25, 0.3) is 0 Å². The molecule has 0 radical (unpaired) electrons. The fourth-order valence-electron chi connectivity index (χ4n) is 2.29. The maximum atomic E-state index is 3.24. The number of rotatable bonds is 3. The van der Waals surface area contributed by atoms with Gasteiger partial charge in [-0.1, -0.05) is 55.0 Å². The number of allylic oxidation sites excluding steroid dienone is 5. The summed E-state index contributed by atoms with van der Waals surface area (Å²) in [6, 6.07) is 8.87. The molecular weight excluding hydrogens is 216 g/mol. The van der Waals surface area contributed by atoms with Gasteiger partial charge in [-0.3, -0.25) is 0 Å². The van der Waals surface area contributed by atoms with Crippen molar-refractivity contribution in [1.82, 2.24) is 0 Å². The van der Waals surface area contributed by atoms with E-state index in [0.29, 0.717) is 5.92 Å². The van der Waals surface area contributed by atoms with Crippen LogP contribution in [0.2, 0.25) is 0 Å². The standard InChI is InChI=1S/C18H20/c1-4-18(17-12-9-15(3)10-13-17)16-7-5-6-14(2)8-11-16/h5,7-13,18H,4H2,1-3H3. The molecule has 1 aliphatic rings. The van der Waals surface area contributed by atoms with Gasteiger partial charge in [0, 0.05) is 5.92 Å². The fourth-order valence-corrected chi connectivity index (χ4v) is 2.29. The van der Waals surface area contributed by atoms with Crippen LogP contribution in [0, 0.1) is 6.92 Å². The predicted molar refractivity (Wildman–Crippen MR) is 78.7 cm³/mol. The average molecular weight is 236 g/mol. The van der Waals surface area contributed by atoms with Crippen molar-refractivity contribution in [2.45, 2.75) is 33.1 Å². The largest absolute Gasteiger partial charge is 0.118 e. The maximum Gasteiger partial charge on any atom is 0.00869 e. The average Bonchev–Trinajstić information content (AvgIpc) is 2.58. The molecule has 0 nitrogen and oxygen atoms in total. The molecule has 1 atom stereocenters. The van der Waals surface area contributed by atoms with E-state index in [9.17, 15) is 0 Å². The minimum absolute atomic E-state index is 0.478. The summed E-state index contributed by atoms with van der Waals surface area (Å²) >= 11 is 0. The van der Waals surface area contributed by atoms with Crippen molar-refractivity contribution < 1.29 is 0 Å². The minimum atomic E-state index is 0.478. The normalized spacial score (nSPS) is 15.9. The Bertz CT molecular complexity index is 532. The summed E-state index contributed by atoms with van der Waals surface area (Å²) in [6.07, 6.45) is 9.70. The first-order valence-electron chi connectivity index (χ1n) is 6.59. The Kier molecular flexibility index (Phi) is 4.02. The highest BCUT2D eigenvalue weighted by Gasteiger charge is 2.12. The Morgan fingerprint density at radius 2 is 1.78 bits per heavy atom. The van der Waals surface area contributed by atoms with Crippen LogP contribution < -0.4 is 0 Å². The van der Waals surface area contributed by atoms with Crippen LogP contribution in [0.3, 0.4) is 0 Å². The molecule has 0 bridgehead atoms. The lowest BCUT2D eigenvalue weighted by Gasteiger charge is -2.17. The summed E-state index contributed by atoms with van der Waals surface area (Å²) in [5.74, 6) is 0.478. The Labute approximate surface area is 110 Å². The predicted octanol–water partition coefficient (Wildman–Crippen LogP) is 5.09. The summed E-state index contributed by atoms with van der Waals surface area (Å²) in [5.41, 5.74) is 8.50. The third kappa shape index (κ3) is 2.91. The van der Waals surface area contributed by atoms with Crippen molar-refractivity contribution in [3.63, 3.8) is 0 Å². The first-order chi connectivity index (χ1) is 8.70. The quantitative estimate of drug-likeness (QED) is 0.641. The third-order valence-electron chi connectivity index (χ3n) is 3.40. The van der Waals surface area contributed by atoms with Crippen LogP contribution in [-0.4, -0.2) is 0 Å². The highest BCUT2D eigenvalue weighted by molar-refractivity contribution is 5.41.